The average molecular weight is 426 g/mol. The lowest BCUT2D eigenvalue weighted by Gasteiger charge is -2.50. The summed E-state index contributed by atoms with van der Waals surface area (Å²) in [6.45, 7) is 3.49. The molecule has 31 heavy (non-hydrogen) atoms. The zero-order valence-corrected chi connectivity index (χ0v) is 18.6. The molecule has 1 aromatic heterocycles. The van der Waals surface area contributed by atoms with E-state index in [2.05, 4.69) is 10.6 Å². The number of likely N-dealkylation sites (tertiary alicyclic amines) is 1. The molecule has 2 aliphatic heterocycles. The van der Waals surface area contributed by atoms with E-state index in [0.717, 1.165) is 61.1 Å². The van der Waals surface area contributed by atoms with Gasteiger partial charge in [-0.25, -0.2) is 0 Å². The number of hydrogen-bond acceptors (Lipinski definition) is 4. The van der Waals surface area contributed by atoms with Gasteiger partial charge >= 0.3 is 0 Å². The summed E-state index contributed by atoms with van der Waals surface area (Å²) in [4.78, 5) is 29.1. The van der Waals surface area contributed by atoms with Gasteiger partial charge in [-0.15, -0.1) is 0 Å². The Morgan fingerprint density at radius 3 is 2.52 bits per heavy atom. The summed E-state index contributed by atoms with van der Waals surface area (Å²) in [5.74, 6) is 1.29. The normalized spacial score (nSPS) is 22.6. The highest BCUT2D eigenvalue weighted by molar-refractivity contribution is 5.89. The first kappa shape index (κ1) is 20.4. The van der Waals surface area contributed by atoms with Crippen LogP contribution < -0.4 is 4.74 Å². The molecule has 3 heterocycles. The molecule has 1 atom stereocenters. The van der Waals surface area contributed by atoms with Crippen LogP contribution in [-0.4, -0.2) is 64.6 Å². The molecule has 1 aliphatic carbocycles. The summed E-state index contributed by atoms with van der Waals surface area (Å²) in [6, 6.07) is 5.74. The Hall–Kier alpha value is -2.54. The Labute approximate surface area is 182 Å². The number of ether oxygens (including phenoxy) is 1. The topological polar surface area (TPSA) is 75.0 Å². The molecule has 1 aromatic carbocycles. The maximum atomic E-state index is 12.6. The molecule has 2 aromatic rings. The van der Waals surface area contributed by atoms with Crippen LogP contribution in [0.2, 0.25) is 0 Å². The molecule has 7 nitrogen and oxygen atoms in total. The molecule has 1 saturated heterocycles. The van der Waals surface area contributed by atoms with Crippen molar-refractivity contribution in [3.63, 3.8) is 0 Å². The minimum absolute atomic E-state index is 0.0246. The van der Waals surface area contributed by atoms with Crippen LogP contribution >= 0.6 is 0 Å². The molecule has 2 fully saturated rings. The van der Waals surface area contributed by atoms with Crippen molar-refractivity contribution >= 4 is 22.7 Å². The number of fused-ring (bicyclic) bond motifs is 4. The number of carbonyl (C=O) groups is 2. The van der Waals surface area contributed by atoms with E-state index in [1.807, 2.05) is 29.0 Å². The molecule has 0 bridgehead atoms. The molecule has 2 amide bonds. The Balaban J connectivity index is 1.64. The number of hydrogen-bond donors (Lipinski definition) is 1. The molecule has 1 saturated carbocycles. The third-order valence-electron chi connectivity index (χ3n) is 7.68. The number of amides is 2. The van der Waals surface area contributed by atoms with E-state index in [1.54, 1.807) is 14.0 Å². The van der Waals surface area contributed by atoms with E-state index in [1.165, 1.54) is 5.56 Å². The Bertz CT molecular complexity index is 1050. The van der Waals surface area contributed by atoms with Crippen molar-refractivity contribution in [3.8, 4) is 5.75 Å². The molecule has 3 aliphatic rings. The van der Waals surface area contributed by atoms with Crippen molar-refractivity contribution in [2.75, 3.05) is 33.4 Å². The SMILES string of the molecule is COc1ccc2c3c(n(C)c2c1)[C@@H](CO)N(C(C)=O)CC31CCN(C(=O)C2CC2)CC1. The third kappa shape index (κ3) is 3.04. The highest BCUT2D eigenvalue weighted by Crippen LogP contribution is 2.50. The zero-order chi connectivity index (χ0) is 21.9. The summed E-state index contributed by atoms with van der Waals surface area (Å²) in [5.41, 5.74) is 3.07. The lowest BCUT2D eigenvalue weighted by molar-refractivity contribution is -0.138. The van der Waals surface area contributed by atoms with Crippen molar-refractivity contribution in [1.82, 2.24) is 14.4 Å². The quantitative estimate of drug-likeness (QED) is 0.819. The first-order valence-electron chi connectivity index (χ1n) is 11.2. The van der Waals surface area contributed by atoms with E-state index in [-0.39, 0.29) is 29.9 Å². The van der Waals surface area contributed by atoms with Gasteiger partial charge < -0.3 is 24.2 Å². The third-order valence-corrected chi connectivity index (χ3v) is 7.68. The van der Waals surface area contributed by atoms with Crippen LogP contribution in [0.25, 0.3) is 10.9 Å². The Kier molecular flexibility index (Phi) is 4.77. The van der Waals surface area contributed by atoms with Crippen molar-refractivity contribution in [1.29, 1.82) is 0 Å². The first-order chi connectivity index (χ1) is 14.9. The van der Waals surface area contributed by atoms with Gasteiger partial charge in [-0.1, -0.05) is 0 Å². The van der Waals surface area contributed by atoms with Gasteiger partial charge in [-0.3, -0.25) is 9.59 Å². The van der Waals surface area contributed by atoms with Gasteiger partial charge in [-0.2, -0.15) is 0 Å². The molecule has 1 N–H and O–H groups in total. The number of methoxy groups -OCH3 is 1. The fourth-order valence-electron chi connectivity index (χ4n) is 5.84. The van der Waals surface area contributed by atoms with Gasteiger partial charge in [0.15, 0.2) is 0 Å². The summed E-state index contributed by atoms with van der Waals surface area (Å²) in [6.07, 6.45) is 3.69. The van der Waals surface area contributed by atoms with Crippen molar-refractivity contribution in [2.24, 2.45) is 13.0 Å². The van der Waals surface area contributed by atoms with Crippen molar-refractivity contribution < 1.29 is 19.4 Å². The number of nitrogens with zero attached hydrogens (tertiary/aromatic N) is 3. The van der Waals surface area contributed by atoms with Crippen LogP contribution in [0.3, 0.4) is 0 Å². The summed E-state index contributed by atoms with van der Waals surface area (Å²) in [7, 11) is 3.67. The molecule has 166 valence electrons. The number of aromatic nitrogens is 1. The van der Waals surface area contributed by atoms with Gasteiger partial charge in [-0.05, 0) is 43.4 Å². The van der Waals surface area contributed by atoms with E-state index >= 15 is 0 Å². The Morgan fingerprint density at radius 2 is 1.94 bits per heavy atom. The van der Waals surface area contributed by atoms with Crippen LogP contribution in [0.4, 0.5) is 0 Å². The monoisotopic (exact) mass is 425 g/mol. The van der Waals surface area contributed by atoms with Crippen LogP contribution in [-0.2, 0) is 22.1 Å². The number of rotatable bonds is 3. The van der Waals surface area contributed by atoms with E-state index in [9.17, 15) is 14.7 Å². The second-order valence-corrected chi connectivity index (χ2v) is 9.43. The summed E-state index contributed by atoms with van der Waals surface area (Å²) >= 11 is 0. The largest absolute Gasteiger partial charge is 0.497 e. The summed E-state index contributed by atoms with van der Waals surface area (Å²) < 4.78 is 7.57. The minimum atomic E-state index is -0.368. The number of aliphatic hydroxyl groups excluding tert-OH is 1. The standard InChI is InChI=1S/C24H31N3O4/c1-15(29)27-14-24(8-10-26(11-9-24)23(30)16-4-5-16)21-18-7-6-17(31-3)12-19(18)25(2)22(21)20(27)13-28/h6-7,12,16,20,28H,4-5,8-11,13-14H2,1-3H3/t20-/m1/s1. The first-order valence-corrected chi connectivity index (χ1v) is 11.2. The molecule has 0 radical (unpaired) electrons. The summed E-state index contributed by atoms with van der Waals surface area (Å²) in [5, 5.41) is 11.4. The maximum absolute atomic E-state index is 12.6. The van der Waals surface area contributed by atoms with E-state index in [4.69, 9.17) is 4.74 Å². The number of benzene rings is 1. The van der Waals surface area contributed by atoms with Gasteiger partial charge in [0.2, 0.25) is 11.8 Å². The molecule has 0 unspecified atom stereocenters. The van der Waals surface area contributed by atoms with Crippen LogP contribution in [0.5, 0.6) is 5.75 Å². The smallest absolute Gasteiger partial charge is 0.225 e. The van der Waals surface area contributed by atoms with E-state index in [0.29, 0.717) is 12.5 Å². The van der Waals surface area contributed by atoms with Gasteiger partial charge in [0.05, 0.1) is 25.3 Å². The van der Waals surface area contributed by atoms with E-state index < -0.39 is 0 Å². The van der Waals surface area contributed by atoms with Crippen LogP contribution in [0.1, 0.15) is 49.9 Å². The molecule has 7 heteroatoms. The predicted molar refractivity (Wildman–Crippen MR) is 117 cm³/mol. The molecular formula is C24H31N3O4. The van der Waals surface area contributed by atoms with Crippen LogP contribution in [0, 0.1) is 5.92 Å². The lowest BCUT2D eigenvalue weighted by atomic mass is 9.68. The number of piperidine rings is 1. The highest BCUT2D eigenvalue weighted by atomic mass is 16.5. The van der Waals surface area contributed by atoms with Gasteiger partial charge in [0, 0.05) is 62.1 Å². The predicted octanol–water partition coefficient (Wildman–Crippen LogP) is 2.35. The fourth-order valence-corrected chi connectivity index (χ4v) is 5.84. The number of carbonyl (C=O) groups excluding carboxylic acids is 2. The average Bonchev–Trinajstić information content (AvgIpc) is 3.59. The number of aliphatic hydroxyl groups is 1. The molecule has 5 rings (SSSR count). The number of aryl methyl sites for hydroxylation is 1. The van der Waals surface area contributed by atoms with Gasteiger partial charge in [0.25, 0.3) is 0 Å². The Morgan fingerprint density at radius 1 is 1.23 bits per heavy atom. The van der Waals surface area contributed by atoms with Crippen LogP contribution in [0.15, 0.2) is 18.2 Å². The van der Waals surface area contributed by atoms with Gasteiger partial charge in [0.1, 0.15) is 5.75 Å². The fraction of sp³-hybridized carbons (Fsp3) is 0.583. The minimum Gasteiger partial charge on any atom is -0.497 e. The van der Waals surface area contributed by atoms with Crippen molar-refractivity contribution in [3.05, 3.63) is 29.5 Å². The lowest BCUT2D eigenvalue weighted by Crippen LogP contribution is -2.55. The second kappa shape index (κ2) is 7.26. The zero-order valence-electron chi connectivity index (χ0n) is 18.6. The molecule has 1 spiro atoms. The molecular weight excluding hydrogens is 394 g/mol. The maximum Gasteiger partial charge on any atom is 0.225 e. The second-order valence-electron chi connectivity index (χ2n) is 9.43. The highest BCUT2D eigenvalue weighted by Gasteiger charge is 2.49. The van der Waals surface area contributed by atoms with Crippen molar-refractivity contribution in [2.45, 2.75) is 44.1 Å².